The summed E-state index contributed by atoms with van der Waals surface area (Å²) >= 11 is 3.47. The zero-order valence-corrected chi connectivity index (χ0v) is 14.0. The first kappa shape index (κ1) is 14.9. The molecule has 0 spiro atoms. The molecular formula is C15H17BrN2O2S. The Kier molecular flexibility index (Phi) is 4.03. The minimum absolute atomic E-state index is 0.306. The van der Waals surface area contributed by atoms with E-state index < -0.39 is 10.0 Å². The molecule has 0 bridgehead atoms. The van der Waals surface area contributed by atoms with Crippen LogP contribution in [0.4, 0.5) is 0 Å². The van der Waals surface area contributed by atoms with Crippen molar-refractivity contribution < 1.29 is 8.42 Å². The van der Waals surface area contributed by atoms with Crippen molar-refractivity contribution in [2.24, 2.45) is 0 Å². The highest BCUT2D eigenvalue weighted by atomic mass is 79.9. The van der Waals surface area contributed by atoms with Crippen LogP contribution in [-0.4, -0.2) is 24.3 Å². The molecule has 6 heteroatoms. The summed E-state index contributed by atoms with van der Waals surface area (Å²) in [6.45, 7) is 0. The molecule has 0 atom stereocenters. The van der Waals surface area contributed by atoms with Crippen molar-refractivity contribution >= 4 is 36.9 Å². The van der Waals surface area contributed by atoms with Crippen LogP contribution < -0.4 is 4.72 Å². The molecule has 4 nitrogen and oxygen atoms in total. The molecular weight excluding hydrogens is 352 g/mol. The number of nitrogens with zero attached hydrogens (tertiary/aromatic N) is 1. The fourth-order valence-electron chi connectivity index (χ4n) is 2.96. The fraction of sp³-hybridized carbons (Fsp3) is 0.400. The van der Waals surface area contributed by atoms with E-state index in [1.807, 2.05) is 6.07 Å². The van der Waals surface area contributed by atoms with Gasteiger partial charge in [-0.05, 0) is 37.1 Å². The third-order valence-electron chi connectivity index (χ3n) is 4.06. The Morgan fingerprint density at radius 3 is 2.67 bits per heavy atom. The van der Waals surface area contributed by atoms with E-state index in [-0.39, 0.29) is 5.54 Å². The van der Waals surface area contributed by atoms with Crippen molar-refractivity contribution in [3.8, 4) is 0 Å². The smallest absolute Gasteiger partial charge is 0.241 e. The number of hydrogen-bond donors (Lipinski definition) is 1. The average molecular weight is 369 g/mol. The molecule has 1 N–H and O–H groups in total. The topological polar surface area (TPSA) is 59.1 Å². The Labute approximate surface area is 133 Å². The first-order valence-electron chi connectivity index (χ1n) is 7.00. The second kappa shape index (κ2) is 5.66. The monoisotopic (exact) mass is 368 g/mol. The van der Waals surface area contributed by atoms with Gasteiger partial charge in [0.15, 0.2) is 0 Å². The number of rotatable bonds is 4. The number of benzene rings is 1. The van der Waals surface area contributed by atoms with Gasteiger partial charge in [-0.15, -0.1) is 0 Å². The Morgan fingerprint density at radius 1 is 1.19 bits per heavy atom. The van der Waals surface area contributed by atoms with Gasteiger partial charge in [0.2, 0.25) is 10.0 Å². The lowest BCUT2D eigenvalue weighted by Gasteiger charge is -2.27. The SMILES string of the molecule is O=S(=O)(NC1(CBr)CCCC1)c1cccc2ncccc12. The van der Waals surface area contributed by atoms with Crippen LogP contribution in [0.2, 0.25) is 0 Å². The first-order valence-corrected chi connectivity index (χ1v) is 9.61. The Morgan fingerprint density at radius 2 is 1.95 bits per heavy atom. The molecule has 1 saturated carbocycles. The molecule has 0 saturated heterocycles. The van der Waals surface area contributed by atoms with Gasteiger partial charge in [-0.25, -0.2) is 13.1 Å². The minimum atomic E-state index is -3.56. The van der Waals surface area contributed by atoms with Gasteiger partial charge in [-0.3, -0.25) is 4.98 Å². The molecule has 112 valence electrons. The second-order valence-corrected chi connectivity index (χ2v) is 7.76. The fourth-order valence-corrected chi connectivity index (χ4v) is 5.53. The third kappa shape index (κ3) is 2.84. The van der Waals surface area contributed by atoms with Gasteiger partial charge >= 0.3 is 0 Å². The lowest BCUT2D eigenvalue weighted by Crippen LogP contribution is -2.47. The zero-order chi connectivity index (χ0) is 14.9. The molecule has 1 aliphatic rings. The van der Waals surface area contributed by atoms with Gasteiger partial charge in [0.25, 0.3) is 0 Å². The van der Waals surface area contributed by atoms with E-state index in [2.05, 4.69) is 25.6 Å². The molecule has 2 aromatic rings. The van der Waals surface area contributed by atoms with Gasteiger partial charge in [0.05, 0.1) is 10.4 Å². The molecule has 0 radical (unpaired) electrons. The molecule has 1 heterocycles. The van der Waals surface area contributed by atoms with E-state index in [9.17, 15) is 8.42 Å². The van der Waals surface area contributed by atoms with E-state index in [1.165, 1.54) is 0 Å². The predicted octanol–water partition coefficient (Wildman–Crippen LogP) is 3.22. The number of fused-ring (bicyclic) bond motifs is 1. The van der Waals surface area contributed by atoms with Crippen molar-refractivity contribution in [1.29, 1.82) is 0 Å². The lowest BCUT2D eigenvalue weighted by atomic mass is 10.0. The molecule has 1 fully saturated rings. The standard InChI is InChI=1S/C15H17BrN2O2S/c16-11-15(8-1-2-9-15)18-21(19,20)14-7-3-6-13-12(14)5-4-10-17-13/h3-7,10,18H,1-2,8-9,11H2. The summed E-state index contributed by atoms with van der Waals surface area (Å²) in [5.74, 6) is 0. The maximum atomic E-state index is 12.8. The van der Waals surface area contributed by atoms with Crippen LogP contribution >= 0.6 is 15.9 Å². The highest BCUT2D eigenvalue weighted by molar-refractivity contribution is 9.09. The maximum absolute atomic E-state index is 12.8. The maximum Gasteiger partial charge on any atom is 0.241 e. The van der Waals surface area contributed by atoms with Crippen LogP contribution in [0.3, 0.4) is 0 Å². The summed E-state index contributed by atoms with van der Waals surface area (Å²) in [5, 5.41) is 1.30. The molecule has 1 aromatic heterocycles. The van der Waals surface area contributed by atoms with Gasteiger partial charge in [0, 0.05) is 22.5 Å². The van der Waals surface area contributed by atoms with Crippen molar-refractivity contribution in [2.75, 3.05) is 5.33 Å². The van der Waals surface area contributed by atoms with E-state index >= 15 is 0 Å². The molecule has 1 aromatic carbocycles. The van der Waals surface area contributed by atoms with Gasteiger partial charge < -0.3 is 0 Å². The molecule has 0 amide bonds. The lowest BCUT2D eigenvalue weighted by molar-refractivity contribution is 0.438. The number of pyridine rings is 1. The first-order chi connectivity index (χ1) is 10.1. The molecule has 0 aliphatic heterocycles. The van der Waals surface area contributed by atoms with Crippen molar-refractivity contribution in [3.63, 3.8) is 0 Å². The summed E-state index contributed by atoms with van der Waals surface area (Å²) in [5.41, 5.74) is 0.336. The van der Waals surface area contributed by atoms with Crippen molar-refractivity contribution in [2.45, 2.75) is 36.1 Å². The molecule has 3 rings (SSSR count). The predicted molar refractivity (Wildman–Crippen MR) is 87.1 cm³/mol. The summed E-state index contributed by atoms with van der Waals surface area (Å²) < 4.78 is 28.5. The van der Waals surface area contributed by atoms with E-state index in [0.717, 1.165) is 25.7 Å². The number of nitrogens with one attached hydrogen (secondary N) is 1. The van der Waals surface area contributed by atoms with E-state index in [0.29, 0.717) is 21.1 Å². The Bertz CT molecular complexity index is 750. The second-order valence-electron chi connectivity index (χ2n) is 5.55. The summed E-state index contributed by atoms with van der Waals surface area (Å²) in [7, 11) is -3.56. The Balaban J connectivity index is 2.04. The van der Waals surface area contributed by atoms with Crippen LogP contribution in [0.1, 0.15) is 25.7 Å². The largest absolute Gasteiger partial charge is 0.256 e. The van der Waals surface area contributed by atoms with Crippen molar-refractivity contribution in [1.82, 2.24) is 9.71 Å². The van der Waals surface area contributed by atoms with Gasteiger partial charge in [-0.1, -0.05) is 34.8 Å². The van der Waals surface area contributed by atoms with Crippen LogP contribution in [0.5, 0.6) is 0 Å². The number of hydrogen-bond acceptors (Lipinski definition) is 3. The number of sulfonamides is 1. The molecule has 1 aliphatic carbocycles. The van der Waals surface area contributed by atoms with Crippen LogP contribution in [0.15, 0.2) is 41.4 Å². The Hall–Kier alpha value is -0.980. The molecule has 21 heavy (non-hydrogen) atoms. The molecule has 0 unspecified atom stereocenters. The van der Waals surface area contributed by atoms with Crippen LogP contribution in [0.25, 0.3) is 10.9 Å². The number of aromatic nitrogens is 1. The highest BCUT2D eigenvalue weighted by Crippen LogP contribution is 2.33. The minimum Gasteiger partial charge on any atom is -0.256 e. The van der Waals surface area contributed by atoms with Crippen LogP contribution in [-0.2, 0) is 10.0 Å². The normalized spacial score (nSPS) is 18.1. The number of alkyl halides is 1. The van der Waals surface area contributed by atoms with Gasteiger partial charge in [0.1, 0.15) is 0 Å². The zero-order valence-electron chi connectivity index (χ0n) is 11.5. The van der Waals surface area contributed by atoms with Gasteiger partial charge in [-0.2, -0.15) is 0 Å². The quantitative estimate of drug-likeness (QED) is 0.842. The summed E-state index contributed by atoms with van der Waals surface area (Å²) in [6.07, 6.45) is 5.54. The summed E-state index contributed by atoms with van der Waals surface area (Å²) in [4.78, 5) is 4.53. The van der Waals surface area contributed by atoms with Crippen LogP contribution in [0, 0.1) is 0 Å². The highest BCUT2D eigenvalue weighted by Gasteiger charge is 2.37. The van der Waals surface area contributed by atoms with E-state index in [1.54, 1.807) is 30.5 Å². The third-order valence-corrected chi connectivity index (χ3v) is 6.77. The summed E-state index contributed by atoms with van der Waals surface area (Å²) in [6, 6.07) is 8.76. The number of halogens is 1. The average Bonchev–Trinajstić information content (AvgIpc) is 2.95. The van der Waals surface area contributed by atoms with E-state index in [4.69, 9.17) is 0 Å². The van der Waals surface area contributed by atoms with Crippen molar-refractivity contribution in [3.05, 3.63) is 36.5 Å².